The smallest absolute Gasteiger partial charge is 0.239 e. The number of hydrogen-bond donors (Lipinski definition) is 2. The molecule has 19 heavy (non-hydrogen) atoms. The first-order valence-electron chi connectivity index (χ1n) is 6.96. The maximum Gasteiger partial charge on any atom is 0.239 e. The van der Waals surface area contributed by atoms with E-state index in [1.54, 1.807) is 12.0 Å². The van der Waals surface area contributed by atoms with Crippen molar-refractivity contribution in [3.8, 4) is 0 Å². The Labute approximate surface area is 114 Å². The third-order valence-electron chi connectivity index (χ3n) is 3.18. The van der Waals surface area contributed by atoms with E-state index in [0.29, 0.717) is 26.1 Å². The Morgan fingerprint density at radius 3 is 2.95 bits per heavy atom. The minimum Gasteiger partial charge on any atom is -0.383 e. The van der Waals surface area contributed by atoms with Gasteiger partial charge in [-0.2, -0.15) is 0 Å². The van der Waals surface area contributed by atoms with Crippen molar-refractivity contribution >= 4 is 11.8 Å². The van der Waals surface area contributed by atoms with Crippen LogP contribution in [0.2, 0.25) is 0 Å². The SMILES string of the molecule is CCCNC1CCN(CCC(=O)NCCOC)C1=O. The minimum absolute atomic E-state index is 0.0326. The summed E-state index contributed by atoms with van der Waals surface area (Å²) in [6.07, 6.45) is 2.21. The van der Waals surface area contributed by atoms with E-state index in [-0.39, 0.29) is 17.9 Å². The van der Waals surface area contributed by atoms with Gasteiger partial charge >= 0.3 is 0 Å². The van der Waals surface area contributed by atoms with Gasteiger partial charge in [-0.25, -0.2) is 0 Å². The van der Waals surface area contributed by atoms with Gasteiger partial charge in [-0.15, -0.1) is 0 Å². The molecular weight excluding hydrogens is 246 g/mol. The molecule has 1 heterocycles. The molecule has 1 fully saturated rings. The average Bonchev–Trinajstić information content (AvgIpc) is 2.75. The van der Waals surface area contributed by atoms with Gasteiger partial charge in [0.15, 0.2) is 0 Å². The van der Waals surface area contributed by atoms with Crippen LogP contribution in [0, 0.1) is 0 Å². The number of carbonyl (C=O) groups is 2. The monoisotopic (exact) mass is 271 g/mol. The maximum atomic E-state index is 12.0. The molecule has 1 aliphatic rings. The molecule has 1 unspecified atom stereocenters. The van der Waals surface area contributed by atoms with E-state index in [1.807, 2.05) is 0 Å². The Kier molecular flexibility index (Phi) is 7.43. The Hall–Kier alpha value is -1.14. The average molecular weight is 271 g/mol. The van der Waals surface area contributed by atoms with Crippen LogP contribution >= 0.6 is 0 Å². The molecule has 1 aliphatic heterocycles. The van der Waals surface area contributed by atoms with Gasteiger partial charge in [0.25, 0.3) is 0 Å². The normalized spacial score (nSPS) is 18.9. The highest BCUT2D eigenvalue weighted by molar-refractivity contribution is 5.84. The first-order valence-corrected chi connectivity index (χ1v) is 6.96. The highest BCUT2D eigenvalue weighted by atomic mass is 16.5. The molecule has 1 atom stereocenters. The molecule has 2 amide bonds. The van der Waals surface area contributed by atoms with Crippen LogP contribution in [0.15, 0.2) is 0 Å². The largest absolute Gasteiger partial charge is 0.383 e. The second-order valence-corrected chi connectivity index (χ2v) is 4.71. The summed E-state index contributed by atoms with van der Waals surface area (Å²) in [6, 6.07) is -0.0588. The third-order valence-corrected chi connectivity index (χ3v) is 3.18. The predicted molar refractivity (Wildman–Crippen MR) is 72.8 cm³/mol. The molecule has 0 aromatic carbocycles. The summed E-state index contributed by atoms with van der Waals surface area (Å²) in [6.45, 7) is 5.21. The highest BCUT2D eigenvalue weighted by Crippen LogP contribution is 2.11. The number of methoxy groups -OCH3 is 1. The lowest BCUT2D eigenvalue weighted by Crippen LogP contribution is -2.40. The molecule has 2 N–H and O–H groups in total. The van der Waals surface area contributed by atoms with E-state index in [1.165, 1.54) is 0 Å². The van der Waals surface area contributed by atoms with E-state index in [4.69, 9.17) is 4.74 Å². The van der Waals surface area contributed by atoms with Gasteiger partial charge in [-0.05, 0) is 19.4 Å². The summed E-state index contributed by atoms with van der Waals surface area (Å²) in [7, 11) is 1.60. The summed E-state index contributed by atoms with van der Waals surface area (Å²) in [5.74, 6) is 0.0907. The quantitative estimate of drug-likeness (QED) is 0.567. The Morgan fingerprint density at radius 2 is 2.26 bits per heavy atom. The van der Waals surface area contributed by atoms with Gasteiger partial charge in [-0.3, -0.25) is 9.59 Å². The second kappa shape index (κ2) is 8.87. The van der Waals surface area contributed by atoms with Crippen molar-refractivity contribution in [3.05, 3.63) is 0 Å². The number of likely N-dealkylation sites (tertiary alicyclic amines) is 1. The fourth-order valence-corrected chi connectivity index (χ4v) is 2.09. The fourth-order valence-electron chi connectivity index (χ4n) is 2.09. The second-order valence-electron chi connectivity index (χ2n) is 4.71. The van der Waals surface area contributed by atoms with Crippen LogP contribution in [0.5, 0.6) is 0 Å². The summed E-state index contributed by atoms with van der Waals surface area (Å²) in [5.41, 5.74) is 0. The van der Waals surface area contributed by atoms with Gasteiger partial charge in [-0.1, -0.05) is 6.92 Å². The Balaban J connectivity index is 2.19. The van der Waals surface area contributed by atoms with Gasteiger partial charge in [0.1, 0.15) is 0 Å². The molecule has 0 bridgehead atoms. The Bertz CT molecular complexity index is 297. The van der Waals surface area contributed by atoms with Gasteiger partial charge in [0.2, 0.25) is 11.8 Å². The number of hydrogen-bond acceptors (Lipinski definition) is 4. The van der Waals surface area contributed by atoms with E-state index < -0.39 is 0 Å². The molecule has 0 saturated carbocycles. The summed E-state index contributed by atoms with van der Waals surface area (Å²) in [5, 5.41) is 5.98. The van der Waals surface area contributed by atoms with E-state index in [0.717, 1.165) is 25.9 Å². The van der Waals surface area contributed by atoms with Crippen molar-refractivity contribution in [2.24, 2.45) is 0 Å². The lowest BCUT2D eigenvalue weighted by Gasteiger charge is -2.16. The van der Waals surface area contributed by atoms with Crippen molar-refractivity contribution in [2.45, 2.75) is 32.2 Å². The van der Waals surface area contributed by atoms with Crippen molar-refractivity contribution in [3.63, 3.8) is 0 Å². The van der Waals surface area contributed by atoms with Crippen molar-refractivity contribution in [1.29, 1.82) is 0 Å². The van der Waals surface area contributed by atoms with Crippen LogP contribution in [-0.2, 0) is 14.3 Å². The minimum atomic E-state index is -0.0588. The number of nitrogens with one attached hydrogen (secondary N) is 2. The molecule has 0 aromatic heterocycles. The molecule has 0 spiro atoms. The molecule has 110 valence electrons. The zero-order valence-electron chi connectivity index (χ0n) is 11.9. The first-order chi connectivity index (χ1) is 9.19. The van der Waals surface area contributed by atoms with E-state index >= 15 is 0 Å². The van der Waals surface area contributed by atoms with Crippen LogP contribution < -0.4 is 10.6 Å². The van der Waals surface area contributed by atoms with Crippen LogP contribution in [0.4, 0.5) is 0 Å². The zero-order chi connectivity index (χ0) is 14.1. The zero-order valence-corrected chi connectivity index (χ0v) is 11.9. The van der Waals surface area contributed by atoms with Crippen LogP contribution in [0.1, 0.15) is 26.2 Å². The topological polar surface area (TPSA) is 70.7 Å². The molecule has 0 aromatic rings. The number of rotatable bonds is 9. The molecule has 1 saturated heterocycles. The molecule has 0 aliphatic carbocycles. The lowest BCUT2D eigenvalue weighted by molar-refractivity contribution is -0.130. The van der Waals surface area contributed by atoms with Gasteiger partial charge in [0.05, 0.1) is 12.6 Å². The molecule has 0 radical (unpaired) electrons. The van der Waals surface area contributed by atoms with Crippen molar-refractivity contribution in [2.75, 3.05) is 39.9 Å². The standard InChI is InChI=1S/C13H25N3O3/c1-3-6-14-11-4-8-16(13(11)18)9-5-12(17)15-7-10-19-2/h11,14H,3-10H2,1-2H3,(H,15,17). The summed E-state index contributed by atoms with van der Waals surface area (Å²) >= 11 is 0. The lowest BCUT2D eigenvalue weighted by atomic mass is 10.2. The summed E-state index contributed by atoms with van der Waals surface area (Å²) in [4.78, 5) is 25.3. The maximum absolute atomic E-state index is 12.0. The van der Waals surface area contributed by atoms with E-state index in [9.17, 15) is 9.59 Å². The van der Waals surface area contributed by atoms with Gasteiger partial charge < -0.3 is 20.3 Å². The van der Waals surface area contributed by atoms with Crippen LogP contribution in [0.3, 0.4) is 0 Å². The highest BCUT2D eigenvalue weighted by Gasteiger charge is 2.30. The molecular formula is C13H25N3O3. The molecule has 1 rings (SSSR count). The van der Waals surface area contributed by atoms with Crippen molar-refractivity contribution < 1.29 is 14.3 Å². The number of carbonyl (C=O) groups excluding carboxylic acids is 2. The van der Waals surface area contributed by atoms with Gasteiger partial charge in [0, 0.05) is 33.2 Å². The fraction of sp³-hybridized carbons (Fsp3) is 0.846. The third kappa shape index (κ3) is 5.57. The molecule has 6 nitrogen and oxygen atoms in total. The molecule has 6 heteroatoms. The Morgan fingerprint density at radius 1 is 1.47 bits per heavy atom. The first kappa shape index (κ1) is 15.9. The predicted octanol–water partition coefficient (Wildman–Crippen LogP) is -0.260. The van der Waals surface area contributed by atoms with Crippen LogP contribution in [0.25, 0.3) is 0 Å². The summed E-state index contributed by atoms with van der Waals surface area (Å²) < 4.78 is 4.85. The number of nitrogens with zero attached hydrogens (tertiary/aromatic N) is 1. The number of amides is 2. The van der Waals surface area contributed by atoms with Crippen LogP contribution in [-0.4, -0.2) is 62.7 Å². The van der Waals surface area contributed by atoms with E-state index in [2.05, 4.69) is 17.6 Å². The van der Waals surface area contributed by atoms with Crippen molar-refractivity contribution in [1.82, 2.24) is 15.5 Å². The number of ether oxygens (including phenoxy) is 1.